The molecule has 3 heteroatoms. The first-order chi connectivity index (χ1) is 7.99. The van der Waals surface area contributed by atoms with Gasteiger partial charge in [-0.15, -0.1) is 0 Å². The number of hydrogen-bond donors (Lipinski definition) is 2. The molecule has 0 aromatic carbocycles. The highest BCUT2D eigenvalue weighted by atomic mass is 16.5. The number of nitrogens with one attached hydrogen (secondary N) is 1. The molecule has 0 aliphatic heterocycles. The maximum absolute atomic E-state index is 9.74. The molecule has 17 heavy (non-hydrogen) atoms. The lowest BCUT2D eigenvalue weighted by Crippen LogP contribution is -2.55. The minimum Gasteiger partial charge on any atom is -0.394 e. The van der Waals surface area contributed by atoms with Crippen LogP contribution in [0, 0.1) is 5.92 Å². The molecule has 0 bridgehead atoms. The Hall–Kier alpha value is -0.120. The predicted molar refractivity (Wildman–Crippen MR) is 71.2 cm³/mol. The summed E-state index contributed by atoms with van der Waals surface area (Å²) >= 11 is 0. The molecule has 102 valence electrons. The van der Waals surface area contributed by atoms with Crippen LogP contribution in [0.25, 0.3) is 0 Å². The van der Waals surface area contributed by atoms with E-state index in [0.717, 1.165) is 19.4 Å². The molecule has 1 rings (SSSR count). The van der Waals surface area contributed by atoms with Gasteiger partial charge in [0.15, 0.2) is 0 Å². The normalized spacial score (nSPS) is 20.3. The Kier molecular flexibility index (Phi) is 5.42. The van der Waals surface area contributed by atoms with E-state index in [2.05, 4.69) is 33.0 Å². The molecule has 0 saturated heterocycles. The van der Waals surface area contributed by atoms with Gasteiger partial charge in [0, 0.05) is 0 Å². The molecule has 2 N–H and O–H groups in total. The molecular formula is C14H29NO2. The Bertz CT molecular complexity index is 226. The fraction of sp³-hybridized carbons (Fsp3) is 1.00. The van der Waals surface area contributed by atoms with Gasteiger partial charge in [0.2, 0.25) is 0 Å². The average molecular weight is 243 g/mol. The van der Waals surface area contributed by atoms with Crippen molar-refractivity contribution in [3.63, 3.8) is 0 Å². The van der Waals surface area contributed by atoms with Crippen molar-refractivity contribution in [3.8, 4) is 0 Å². The zero-order valence-electron chi connectivity index (χ0n) is 11.9. The number of aliphatic hydroxyl groups excluding tert-OH is 1. The van der Waals surface area contributed by atoms with E-state index < -0.39 is 0 Å². The van der Waals surface area contributed by atoms with E-state index in [9.17, 15) is 5.11 Å². The van der Waals surface area contributed by atoms with Crippen LogP contribution in [0.4, 0.5) is 0 Å². The molecular weight excluding hydrogens is 214 g/mol. The first kappa shape index (κ1) is 14.9. The number of ether oxygens (including phenoxy) is 1. The molecule has 1 aliphatic carbocycles. The molecule has 0 aromatic rings. The number of hydrogen-bond acceptors (Lipinski definition) is 3. The molecule has 1 unspecified atom stereocenters. The Balaban J connectivity index is 2.56. The Morgan fingerprint density at radius 3 is 2.35 bits per heavy atom. The molecule has 0 amide bonds. The van der Waals surface area contributed by atoms with Crippen molar-refractivity contribution < 1.29 is 9.84 Å². The summed E-state index contributed by atoms with van der Waals surface area (Å²) in [6.07, 6.45) is 4.51. The smallest absolute Gasteiger partial charge is 0.0680 e. The lowest BCUT2D eigenvalue weighted by atomic mass is 9.94. The summed E-state index contributed by atoms with van der Waals surface area (Å²) in [4.78, 5) is 0. The minimum absolute atomic E-state index is 0.0940. The van der Waals surface area contributed by atoms with Crippen molar-refractivity contribution in [1.82, 2.24) is 5.32 Å². The molecule has 0 spiro atoms. The maximum atomic E-state index is 9.74. The molecule has 0 heterocycles. The highest BCUT2D eigenvalue weighted by Gasteiger charge is 2.45. The van der Waals surface area contributed by atoms with Crippen LogP contribution in [0.15, 0.2) is 0 Å². The van der Waals surface area contributed by atoms with Gasteiger partial charge in [-0.2, -0.15) is 0 Å². The fourth-order valence-electron chi connectivity index (χ4n) is 1.98. The summed E-state index contributed by atoms with van der Waals surface area (Å²) in [5, 5.41) is 13.3. The molecule has 1 fully saturated rings. The van der Waals surface area contributed by atoms with Crippen LogP contribution < -0.4 is 5.32 Å². The van der Waals surface area contributed by atoms with Gasteiger partial charge in [-0.1, -0.05) is 13.8 Å². The van der Waals surface area contributed by atoms with Crippen molar-refractivity contribution in [2.24, 2.45) is 5.92 Å². The summed E-state index contributed by atoms with van der Waals surface area (Å²) in [6.45, 7) is 10.3. The summed E-state index contributed by atoms with van der Waals surface area (Å²) in [5.41, 5.74) is -0.300. The van der Waals surface area contributed by atoms with Gasteiger partial charge < -0.3 is 15.2 Å². The SMILES string of the molecule is CCCNC(CO)(COC(C)(C)CC)C1CC1. The van der Waals surface area contributed by atoms with Crippen LogP contribution in [0.1, 0.15) is 53.4 Å². The Labute approximate surface area is 106 Å². The van der Waals surface area contributed by atoms with E-state index >= 15 is 0 Å². The predicted octanol–water partition coefficient (Wildman–Crippen LogP) is 2.33. The van der Waals surface area contributed by atoms with Gasteiger partial charge in [0.25, 0.3) is 0 Å². The van der Waals surface area contributed by atoms with E-state index in [1.54, 1.807) is 0 Å². The second-order valence-corrected chi connectivity index (χ2v) is 5.92. The number of aliphatic hydroxyl groups is 1. The van der Waals surface area contributed by atoms with Crippen molar-refractivity contribution in [3.05, 3.63) is 0 Å². The van der Waals surface area contributed by atoms with E-state index in [-0.39, 0.29) is 17.7 Å². The average Bonchev–Trinajstić information content (AvgIpc) is 3.15. The Morgan fingerprint density at radius 2 is 1.94 bits per heavy atom. The summed E-state index contributed by atoms with van der Waals surface area (Å²) in [7, 11) is 0. The lowest BCUT2D eigenvalue weighted by molar-refractivity contribution is -0.0669. The van der Waals surface area contributed by atoms with Gasteiger partial charge in [0.1, 0.15) is 0 Å². The monoisotopic (exact) mass is 243 g/mol. The van der Waals surface area contributed by atoms with Crippen LogP contribution in [0.3, 0.4) is 0 Å². The van der Waals surface area contributed by atoms with E-state index in [0.29, 0.717) is 12.5 Å². The van der Waals surface area contributed by atoms with Crippen molar-refractivity contribution in [2.75, 3.05) is 19.8 Å². The fourth-order valence-corrected chi connectivity index (χ4v) is 1.98. The molecule has 1 atom stereocenters. The lowest BCUT2D eigenvalue weighted by Gasteiger charge is -2.37. The van der Waals surface area contributed by atoms with Crippen LogP contribution in [-0.2, 0) is 4.74 Å². The van der Waals surface area contributed by atoms with E-state index in [1.165, 1.54) is 12.8 Å². The van der Waals surface area contributed by atoms with E-state index in [1.807, 2.05) is 0 Å². The first-order valence-corrected chi connectivity index (χ1v) is 6.99. The summed E-state index contributed by atoms with van der Waals surface area (Å²) in [6, 6.07) is 0. The third-order valence-corrected chi connectivity index (χ3v) is 3.94. The van der Waals surface area contributed by atoms with Crippen molar-refractivity contribution >= 4 is 0 Å². The maximum Gasteiger partial charge on any atom is 0.0680 e. The molecule has 0 aromatic heterocycles. The van der Waals surface area contributed by atoms with Crippen LogP contribution >= 0.6 is 0 Å². The van der Waals surface area contributed by atoms with Crippen LogP contribution in [-0.4, -0.2) is 36.0 Å². The standard InChI is InChI=1S/C14H29NO2/c1-5-9-15-14(10-16,12-7-8-12)11-17-13(3,4)6-2/h12,15-16H,5-11H2,1-4H3. The third-order valence-electron chi connectivity index (χ3n) is 3.94. The van der Waals surface area contributed by atoms with E-state index in [4.69, 9.17) is 4.74 Å². The van der Waals surface area contributed by atoms with Gasteiger partial charge in [0.05, 0.1) is 24.4 Å². The van der Waals surface area contributed by atoms with Crippen molar-refractivity contribution in [2.45, 2.75) is 64.5 Å². The highest BCUT2D eigenvalue weighted by molar-refractivity contribution is 5.01. The molecule has 0 radical (unpaired) electrons. The second kappa shape index (κ2) is 6.17. The Morgan fingerprint density at radius 1 is 1.29 bits per heavy atom. The zero-order chi connectivity index (χ0) is 12.9. The second-order valence-electron chi connectivity index (χ2n) is 5.92. The molecule has 3 nitrogen and oxygen atoms in total. The third kappa shape index (κ3) is 4.23. The number of rotatable bonds is 9. The zero-order valence-corrected chi connectivity index (χ0v) is 11.9. The topological polar surface area (TPSA) is 41.5 Å². The van der Waals surface area contributed by atoms with Gasteiger partial charge in [-0.05, 0) is 52.0 Å². The summed E-state index contributed by atoms with van der Waals surface area (Å²) < 4.78 is 6.01. The molecule has 1 aliphatic rings. The van der Waals surface area contributed by atoms with Crippen molar-refractivity contribution in [1.29, 1.82) is 0 Å². The quantitative estimate of drug-likeness (QED) is 0.653. The summed E-state index contributed by atoms with van der Waals surface area (Å²) in [5.74, 6) is 0.590. The molecule has 1 saturated carbocycles. The highest BCUT2D eigenvalue weighted by Crippen LogP contribution is 2.40. The first-order valence-electron chi connectivity index (χ1n) is 6.99. The largest absolute Gasteiger partial charge is 0.394 e. The van der Waals surface area contributed by atoms with Crippen LogP contribution in [0.2, 0.25) is 0 Å². The van der Waals surface area contributed by atoms with Gasteiger partial charge in [-0.25, -0.2) is 0 Å². The van der Waals surface area contributed by atoms with Crippen LogP contribution in [0.5, 0.6) is 0 Å². The minimum atomic E-state index is -0.206. The van der Waals surface area contributed by atoms with Gasteiger partial charge >= 0.3 is 0 Å². The van der Waals surface area contributed by atoms with Gasteiger partial charge in [-0.3, -0.25) is 0 Å².